The van der Waals surface area contributed by atoms with E-state index in [0.717, 1.165) is 22.9 Å². The molecule has 6 heteroatoms. The van der Waals surface area contributed by atoms with Crippen molar-refractivity contribution in [2.45, 2.75) is 77.5 Å². The first-order valence-electron chi connectivity index (χ1n) is 9.34. The molecule has 1 saturated carbocycles. The van der Waals surface area contributed by atoms with E-state index in [4.69, 9.17) is 4.76 Å². The molecule has 0 spiro atoms. The van der Waals surface area contributed by atoms with Gasteiger partial charge in [0, 0.05) is 40.4 Å². The molecular weight excluding hydrogens is 397 g/mol. The zero-order valence-corrected chi connectivity index (χ0v) is 18.1. The summed E-state index contributed by atoms with van der Waals surface area (Å²) in [6, 6.07) is 9.12. The van der Waals surface area contributed by atoms with E-state index < -0.39 is 7.59 Å². The third-order valence-corrected chi connectivity index (χ3v) is 9.14. The van der Waals surface area contributed by atoms with Crippen LogP contribution in [0.2, 0.25) is 0 Å². The van der Waals surface area contributed by atoms with Crippen molar-refractivity contribution in [2.75, 3.05) is 0 Å². The highest BCUT2D eigenvalue weighted by Gasteiger charge is 2.56. The Kier molecular flexibility index (Phi) is 5.89. The number of benzene rings is 1. The molecule has 1 saturated heterocycles. The number of hydrogen-bond acceptors (Lipinski definition) is 1. The van der Waals surface area contributed by atoms with Crippen LogP contribution in [0, 0.1) is 0 Å². The van der Waals surface area contributed by atoms with Crippen molar-refractivity contribution in [3.8, 4) is 0 Å². The van der Waals surface area contributed by atoms with E-state index in [0.29, 0.717) is 12.1 Å². The highest BCUT2D eigenvalue weighted by Crippen LogP contribution is 2.66. The summed E-state index contributed by atoms with van der Waals surface area (Å²) in [7, 11) is -2.98. The van der Waals surface area contributed by atoms with Gasteiger partial charge in [0.25, 0.3) is 0 Å². The second-order valence-electron chi connectivity index (χ2n) is 7.65. The van der Waals surface area contributed by atoms with Crippen molar-refractivity contribution >= 4 is 29.7 Å². The molecular formula is C19H29BrN3OP. The van der Waals surface area contributed by atoms with E-state index in [1.165, 1.54) is 12.8 Å². The van der Waals surface area contributed by atoms with Gasteiger partial charge in [-0.3, -0.25) is 4.57 Å². The summed E-state index contributed by atoms with van der Waals surface area (Å²) in [5, 5.41) is 0. The van der Waals surface area contributed by atoms with E-state index in [9.17, 15) is 4.57 Å². The van der Waals surface area contributed by atoms with Crippen molar-refractivity contribution in [2.24, 2.45) is 4.76 Å². The van der Waals surface area contributed by atoms with Crippen LogP contribution in [0.15, 0.2) is 33.5 Å². The quantitative estimate of drug-likeness (QED) is 0.456. The first-order chi connectivity index (χ1) is 11.9. The first kappa shape index (κ1) is 19.3. The second kappa shape index (κ2) is 7.64. The molecule has 1 aromatic rings. The molecule has 1 aromatic carbocycles. The Bertz CT molecular complexity index is 663. The summed E-state index contributed by atoms with van der Waals surface area (Å²) in [4.78, 5) is 0. The van der Waals surface area contributed by atoms with E-state index in [1.54, 1.807) is 6.21 Å². The van der Waals surface area contributed by atoms with Gasteiger partial charge in [0.05, 0.1) is 0 Å². The Balaban J connectivity index is 2.04. The van der Waals surface area contributed by atoms with Crippen molar-refractivity contribution in [3.05, 3.63) is 34.3 Å². The van der Waals surface area contributed by atoms with Crippen LogP contribution in [0.3, 0.4) is 0 Å². The lowest BCUT2D eigenvalue weighted by Crippen LogP contribution is -2.43. The number of fused-ring (bicyclic) bond motifs is 1. The van der Waals surface area contributed by atoms with Gasteiger partial charge in [-0.15, -0.1) is 0 Å². The van der Waals surface area contributed by atoms with Crippen LogP contribution in [-0.2, 0) is 4.57 Å². The monoisotopic (exact) mass is 425 g/mol. The summed E-state index contributed by atoms with van der Waals surface area (Å²) in [6.45, 7) is 8.60. The lowest BCUT2D eigenvalue weighted by Gasteiger charge is -2.33. The zero-order chi connectivity index (χ0) is 18.2. The summed E-state index contributed by atoms with van der Waals surface area (Å²) in [5.74, 6) is 0. The van der Waals surface area contributed by atoms with Crippen LogP contribution in [0.25, 0.3) is 0 Å². The fraction of sp³-hybridized carbons (Fsp3) is 0.632. The van der Waals surface area contributed by atoms with E-state index in [2.05, 4.69) is 53.0 Å². The van der Waals surface area contributed by atoms with Crippen LogP contribution in [0.5, 0.6) is 0 Å². The van der Waals surface area contributed by atoms with Gasteiger partial charge in [0.2, 0.25) is 0 Å². The largest absolute Gasteiger partial charge is 0.330 e. The number of halogens is 1. The van der Waals surface area contributed by atoms with Crippen LogP contribution in [-0.4, -0.2) is 39.7 Å². The highest BCUT2D eigenvalue weighted by atomic mass is 79.9. The van der Waals surface area contributed by atoms with Gasteiger partial charge >= 0.3 is 7.59 Å². The summed E-state index contributed by atoms with van der Waals surface area (Å²) in [5.41, 5.74) is 0.972. The van der Waals surface area contributed by atoms with Crippen LogP contribution in [0.1, 0.15) is 58.9 Å². The minimum Gasteiger partial charge on any atom is -0.262 e. The second-order valence-corrected chi connectivity index (χ2v) is 10.7. The molecule has 0 unspecified atom stereocenters. The van der Waals surface area contributed by atoms with Crippen molar-refractivity contribution in [1.29, 1.82) is 0 Å². The van der Waals surface area contributed by atoms with Crippen molar-refractivity contribution in [1.82, 2.24) is 9.34 Å². The molecule has 4 nitrogen and oxygen atoms in total. The summed E-state index contributed by atoms with van der Waals surface area (Å²) < 4.78 is 24.4. The van der Waals surface area contributed by atoms with Gasteiger partial charge in [-0.05, 0) is 46.6 Å². The average molecular weight is 426 g/mol. The molecule has 25 heavy (non-hydrogen) atoms. The fourth-order valence-corrected chi connectivity index (χ4v) is 8.07. The molecule has 0 N–H and O–H groups in total. The van der Waals surface area contributed by atoms with Gasteiger partial charge < -0.3 is 0 Å². The lowest BCUT2D eigenvalue weighted by atomic mass is 9.89. The number of rotatable bonds is 4. The SMILES string of the molecule is CC(C)N1[C@@H]2CCCC[C@H]2N(C(C)C)P1(=O)/N=C/c1ccccc1Br. The van der Waals surface area contributed by atoms with E-state index in [1.807, 2.05) is 24.3 Å². The van der Waals surface area contributed by atoms with Crippen molar-refractivity contribution in [3.63, 3.8) is 0 Å². The molecule has 1 aliphatic carbocycles. The fourth-order valence-electron chi connectivity index (χ4n) is 4.42. The molecule has 0 aromatic heterocycles. The topological polar surface area (TPSA) is 35.9 Å². The normalized spacial score (nSPS) is 27.5. The standard InChI is InChI=1S/C19H29BrN3OP/c1-14(2)22-18-11-7-8-12-19(18)23(15(3)4)25(22,24)21-13-16-9-5-6-10-17(16)20/h5-6,9-10,13-15,18-19H,7-8,11-12H2,1-4H3/b21-13+/t18-,19-/m1/s1. The molecule has 138 valence electrons. The predicted molar refractivity (Wildman–Crippen MR) is 109 cm³/mol. The van der Waals surface area contributed by atoms with E-state index >= 15 is 0 Å². The van der Waals surface area contributed by atoms with Gasteiger partial charge in [-0.25, -0.2) is 14.1 Å². The molecule has 0 amide bonds. The Hall–Kier alpha value is -0.480. The number of nitrogens with zero attached hydrogens (tertiary/aromatic N) is 3. The highest BCUT2D eigenvalue weighted by molar-refractivity contribution is 9.10. The maximum atomic E-state index is 14.2. The van der Waals surface area contributed by atoms with Gasteiger partial charge in [0.15, 0.2) is 0 Å². The smallest absolute Gasteiger partial charge is 0.262 e. The number of hydrogen-bond donors (Lipinski definition) is 0. The van der Waals surface area contributed by atoms with Crippen molar-refractivity contribution < 1.29 is 4.57 Å². The molecule has 2 atom stereocenters. The minimum atomic E-state index is -2.98. The van der Waals surface area contributed by atoms with Crippen LogP contribution in [0.4, 0.5) is 0 Å². The lowest BCUT2D eigenvalue weighted by molar-refractivity contribution is 0.173. The van der Waals surface area contributed by atoms with Gasteiger partial charge in [-0.1, -0.05) is 47.0 Å². The average Bonchev–Trinajstić information content (AvgIpc) is 2.82. The Morgan fingerprint density at radius 3 is 2.08 bits per heavy atom. The van der Waals surface area contributed by atoms with Crippen LogP contribution < -0.4 is 0 Å². The molecule has 1 aliphatic heterocycles. The molecule has 1 heterocycles. The Morgan fingerprint density at radius 1 is 1.08 bits per heavy atom. The van der Waals surface area contributed by atoms with Gasteiger partial charge in [-0.2, -0.15) is 0 Å². The Morgan fingerprint density at radius 2 is 1.60 bits per heavy atom. The predicted octanol–water partition coefficient (Wildman–Crippen LogP) is 5.72. The third kappa shape index (κ3) is 3.53. The van der Waals surface area contributed by atoms with Crippen LogP contribution >= 0.6 is 23.5 Å². The third-order valence-electron chi connectivity index (χ3n) is 5.29. The molecule has 3 rings (SSSR count). The summed E-state index contributed by atoms with van der Waals surface area (Å²) >= 11 is 3.56. The molecule has 0 bridgehead atoms. The van der Waals surface area contributed by atoms with E-state index in [-0.39, 0.29) is 12.1 Å². The molecule has 0 radical (unpaired) electrons. The zero-order valence-electron chi connectivity index (χ0n) is 15.6. The maximum absolute atomic E-state index is 14.2. The maximum Gasteiger partial charge on any atom is 0.330 e. The molecule has 2 aliphatic rings. The summed E-state index contributed by atoms with van der Waals surface area (Å²) in [6.07, 6.45) is 6.50. The molecule has 2 fully saturated rings. The van der Waals surface area contributed by atoms with Gasteiger partial charge in [0.1, 0.15) is 0 Å². The first-order valence-corrected chi connectivity index (χ1v) is 11.7. The Labute approximate surface area is 160 Å². The minimum absolute atomic E-state index is 0.219.